The van der Waals surface area contributed by atoms with E-state index in [0.29, 0.717) is 4.48 Å². The van der Waals surface area contributed by atoms with Gasteiger partial charge < -0.3 is 5.32 Å². The maximum absolute atomic E-state index is 11.6. The highest BCUT2D eigenvalue weighted by Crippen LogP contribution is 2.09. The predicted molar refractivity (Wildman–Crippen MR) is 64.6 cm³/mol. The first-order chi connectivity index (χ1) is 6.69. The quantitative estimate of drug-likeness (QED) is 0.830. The largest absolute Gasteiger partial charge is 0.350 e. The Morgan fingerprint density at radius 3 is 2.20 bits per heavy atom. The molecule has 0 aromatic rings. The van der Waals surface area contributed by atoms with Gasteiger partial charge in [-0.05, 0) is 20.8 Å². The number of nitrogens with one attached hydrogen (secondary N) is 1. The third-order valence-electron chi connectivity index (χ3n) is 1.97. The molecule has 1 amide bonds. The number of carbonyl (C=O) groups is 1. The third kappa shape index (κ3) is 4.34. The van der Waals surface area contributed by atoms with Crippen molar-refractivity contribution in [3.05, 3.63) is 11.1 Å². The van der Waals surface area contributed by atoms with E-state index in [1.807, 2.05) is 0 Å². The second-order valence-electron chi connectivity index (χ2n) is 3.52. The van der Waals surface area contributed by atoms with Crippen molar-refractivity contribution in [2.75, 3.05) is 6.54 Å². The van der Waals surface area contributed by atoms with Gasteiger partial charge in [0.2, 0.25) is 5.91 Å². The molecule has 15 heavy (non-hydrogen) atoms. The standard InChI is InChI=1S/C9H16BrNO3S/c1-6(2)15(13,14)8(4)9(12)11-5-7(3)10/h6,8H,3,5H2,1-2,4H3,(H,11,12)/t8-/m1/s1. The van der Waals surface area contributed by atoms with Crippen molar-refractivity contribution in [1.82, 2.24) is 5.32 Å². The Hall–Kier alpha value is -0.360. The van der Waals surface area contributed by atoms with Gasteiger partial charge in [0.15, 0.2) is 9.84 Å². The Bertz CT molecular complexity index is 348. The molecule has 0 fully saturated rings. The van der Waals surface area contributed by atoms with Crippen molar-refractivity contribution in [2.24, 2.45) is 0 Å². The van der Waals surface area contributed by atoms with E-state index in [-0.39, 0.29) is 6.54 Å². The number of hydrogen-bond acceptors (Lipinski definition) is 3. The van der Waals surface area contributed by atoms with Crippen LogP contribution in [0.3, 0.4) is 0 Å². The molecule has 0 heterocycles. The SMILES string of the molecule is C=C(Br)CNC(=O)[C@@H](C)S(=O)(=O)C(C)C. The van der Waals surface area contributed by atoms with E-state index in [4.69, 9.17) is 0 Å². The van der Waals surface area contributed by atoms with E-state index in [1.165, 1.54) is 6.92 Å². The fourth-order valence-corrected chi connectivity index (χ4v) is 2.22. The van der Waals surface area contributed by atoms with Crippen LogP contribution in [0.25, 0.3) is 0 Å². The minimum Gasteiger partial charge on any atom is -0.350 e. The molecular weight excluding hydrogens is 282 g/mol. The van der Waals surface area contributed by atoms with E-state index in [9.17, 15) is 13.2 Å². The average Bonchev–Trinajstić information content (AvgIpc) is 2.12. The van der Waals surface area contributed by atoms with E-state index in [2.05, 4.69) is 27.8 Å². The lowest BCUT2D eigenvalue weighted by Gasteiger charge is -2.15. The molecule has 0 radical (unpaired) electrons. The molecule has 1 atom stereocenters. The molecule has 0 unspecified atom stereocenters. The number of hydrogen-bond donors (Lipinski definition) is 1. The average molecular weight is 298 g/mol. The van der Waals surface area contributed by atoms with Crippen LogP contribution in [0.1, 0.15) is 20.8 Å². The monoisotopic (exact) mass is 297 g/mol. The van der Waals surface area contributed by atoms with Gasteiger partial charge in [0.05, 0.1) is 5.25 Å². The lowest BCUT2D eigenvalue weighted by molar-refractivity contribution is -0.120. The molecule has 0 aliphatic carbocycles. The highest BCUT2D eigenvalue weighted by atomic mass is 79.9. The van der Waals surface area contributed by atoms with Gasteiger partial charge in [0.1, 0.15) is 5.25 Å². The van der Waals surface area contributed by atoms with Gasteiger partial charge in [0, 0.05) is 11.0 Å². The zero-order valence-corrected chi connectivity index (χ0v) is 11.5. The van der Waals surface area contributed by atoms with Crippen molar-refractivity contribution in [1.29, 1.82) is 0 Å². The van der Waals surface area contributed by atoms with E-state index < -0.39 is 26.2 Å². The first kappa shape index (κ1) is 14.6. The Morgan fingerprint density at radius 2 is 1.87 bits per heavy atom. The van der Waals surface area contributed by atoms with Crippen LogP contribution in [0.5, 0.6) is 0 Å². The number of amides is 1. The molecule has 0 aromatic carbocycles. The topological polar surface area (TPSA) is 63.2 Å². The molecule has 0 aliphatic heterocycles. The van der Waals surface area contributed by atoms with Crippen LogP contribution in [0.4, 0.5) is 0 Å². The highest BCUT2D eigenvalue weighted by Gasteiger charge is 2.30. The summed E-state index contributed by atoms with van der Waals surface area (Å²) in [5, 5.41) is 0.904. The molecule has 0 saturated carbocycles. The molecule has 0 saturated heterocycles. The summed E-state index contributed by atoms with van der Waals surface area (Å²) < 4.78 is 23.8. The van der Waals surface area contributed by atoms with Crippen LogP contribution in [0.2, 0.25) is 0 Å². The molecule has 0 aromatic heterocycles. The van der Waals surface area contributed by atoms with Gasteiger partial charge in [-0.3, -0.25) is 4.79 Å². The summed E-state index contributed by atoms with van der Waals surface area (Å²) in [6.07, 6.45) is 0. The smallest absolute Gasteiger partial charge is 0.238 e. The van der Waals surface area contributed by atoms with Crippen molar-refractivity contribution < 1.29 is 13.2 Å². The zero-order valence-electron chi connectivity index (χ0n) is 9.08. The van der Waals surface area contributed by atoms with Crippen LogP contribution in [0, 0.1) is 0 Å². The first-order valence-electron chi connectivity index (χ1n) is 4.53. The lowest BCUT2D eigenvalue weighted by Crippen LogP contribution is -2.41. The summed E-state index contributed by atoms with van der Waals surface area (Å²) in [7, 11) is -3.38. The van der Waals surface area contributed by atoms with E-state index in [1.54, 1.807) is 13.8 Å². The summed E-state index contributed by atoms with van der Waals surface area (Å²) in [6.45, 7) is 8.28. The van der Waals surface area contributed by atoms with Gasteiger partial charge in [-0.1, -0.05) is 22.5 Å². The number of halogens is 1. The first-order valence-corrected chi connectivity index (χ1v) is 6.93. The third-order valence-corrected chi connectivity index (χ3v) is 4.77. The summed E-state index contributed by atoms with van der Waals surface area (Å²) in [5.41, 5.74) is 0. The number of sulfone groups is 1. The maximum atomic E-state index is 11.6. The predicted octanol–water partition coefficient (Wildman–Crippen LogP) is 1.22. The summed E-state index contributed by atoms with van der Waals surface area (Å²) in [5.74, 6) is -0.496. The second kappa shape index (κ2) is 5.65. The molecule has 88 valence electrons. The van der Waals surface area contributed by atoms with Crippen molar-refractivity contribution in [2.45, 2.75) is 31.3 Å². The molecule has 0 rings (SSSR count). The maximum Gasteiger partial charge on any atom is 0.238 e. The molecule has 0 spiro atoms. The molecule has 4 nitrogen and oxygen atoms in total. The van der Waals surface area contributed by atoms with Crippen molar-refractivity contribution >= 4 is 31.7 Å². The van der Waals surface area contributed by atoms with E-state index in [0.717, 1.165) is 0 Å². The van der Waals surface area contributed by atoms with Gasteiger partial charge in [-0.25, -0.2) is 8.42 Å². The molecular formula is C9H16BrNO3S. The van der Waals surface area contributed by atoms with Crippen LogP contribution in [0.15, 0.2) is 11.1 Å². The Kier molecular flexibility index (Phi) is 5.51. The number of rotatable bonds is 5. The number of carbonyl (C=O) groups excluding carboxylic acids is 1. The molecule has 0 bridgehead atoms. The molecule has 0 aliphatic rings. The van der Waals surface area contributed by atoms with Crippen LogP contribution in [-0.4, -0.2) is 31.4 Å². The van der Waals surface area contributed by atoms with Crippen molar-refractivity contribution in [3.8, 4) is 0 Å². The van der Waals surface area contributed by atoms with Crippen molar-refractivity contribution in [3.63, 3.8) is 0 Å². The summed E-state index contributed by atoms with van der Waals surface area (Å²) in [6, 6.07) is 0. The minimum absolute atomic E-state index is 0.233. The molecule has 6 heteroatoms. The minimum atomic E-state index is -3.38. The second-order valence-corrected chi connectivity index (χ2v) is 7.46. The Morgan fingerprint density at radius 1 is 1.40 bits per heavy atom. The van der Waals surface area contributed by atoms with Crippen LogP contribution >= 0.6 is 15.9 Å². The lowest BCUT2D eigenvalue weighted by atomic mass is 10.4. The van der Waals surface area contributed by atoms with Gasteiger partial charge in [-0.15, -0.1) is 0 Å². The fraction of sp³-hybridized carbons (Fsp3) is 0.667. The fourth-order valence-electron chi connectivity index (χ4n) is 0.884. The van der Waals surface area contributed by atoms with Gasteiger partial charge in [-0.2, -0.15) is 0 Å². The van der Waals surface area contributed by atoms with Gasteiger partial charge >= 0.3 is 0 Å². The molecule has 1 N–H and O–H groups in total. The summed E-state index contributed by atoms with van der Waals surface area (Å²) in [4.78, 5) is 11.4. The normalized spacial score (nSPS) is 13.7. The Labute approximate surface area is 99.2 Å². The highest BCUT2D eigenvalue weighted by molar-refractivity contribution is 9.11. The van der Waals surface area contributed by atoms with Gasteiger partial charge in [0.25, 0.3) is 0 Å². The van der Waals surface area contributed by atoms with E-state index >= 15 is 0 Å². The summed E-state index contributed by atoms with van der Waals surface area (Å²) >= 11 is 3.07. The zero-order chi connectivity index (χ0) is 12.2. The van der Waals surface area contributed by atoms with Crippen LogP contribution < -0.4 is 5.32 Å². The Balaban J connectivity index is 4.52. The van der Waals surface area contributed by atoms with Crippen LogP contribution in [-0.2, 0) is 14.6 Å².